The SMILES string of the molecule is Cc1nc(C)c(C(=O)C2=C(O)C(=O)N(c3cccc(C)c3C)C2c2ccco2)s1. The molecule has 0 fully saturated rings. The van der Waals surface area contributed by atoms with Crippen molar-refractivity contribution in [3.63, 3.8) is 0 Å². The lowest BCUT2D eigenvalue weighted by molar-refractivity contribution is -0.117. The molecule has 0 saturated carbocycles. The molecule has 4 rings (SSSR count). The van der Waals surface area contributed by atoms with Gasteiger partial charge in [-0.25, -0.2) is 4.98 Å². The average Bonchev–Trinajstić information content (AvgIpc) is 3.37. The first kappa shape index (κ1) is 19.1. The van der Waals surface area contributed by atoms with E-state index in [-0.39, 0.29) is 5.57 Å². The summed E-state index contributed by atoms with van der Waals surface area (Å²) in [7, 11) is 0. The summed E-state index contributed by atoms with van der Waals surface area (Å²) < 4.78 is 5.58. The molecule has 1 aliphatic heterocycles. The quantitative estimate of drug-likeness (QED) is 0.630. The summed E-state index contributed by atoms with van der Waals surface area (Å²) in [6.45, 7) is 7.42. The van der Waals surface area contributed by atoms with Crippen LogP contribution in [0.1, 0.15) is 43.3 Å². The molecule has 0 saturated heterocycles. The highest BCUT2D eigenvalue weighted by atomic mass is 32.1. The zero-order valence-corrected chi connectivity index (χ0v) is 17.3. The molecule has 0 radical (unpaired) electrons. The Morgan fingerprint density at radius 1 is 1.17 bits per heavy atom. The number of rotatable bonds is 4. The summed E-state index contributed by atoms with van der Waals surface area (Å²) in [5.74, 6) is -1.18. The van der Waals surface area contributed by atoms with Crippen LogP contribution < -0.4 is 4.90 Å². The van der Waals surface area contributed by atoms with Crippen LogP contribution in [0.2, 0.25) is 0 Å². The largest absolute Gasteiger partial charge is 0.503 e. The second kappa shape index (κ2) is 7.00. The van der Waals surface area contributed by atoms with Crippen molar-refractivity contribution in [1.29, 1.82) is 0 Å². The average molecular weight is 408 g/mol. The third-order valence-electron chi connectivity index (χ3n) is 5.21. The zero-order chi connectivity index (χ0) is 20.9. The molecule has 6 nitrogen and oxygen atoms in total. The van der Waals surface area contributed by atoms with Crippen molar-refractivity contribution >= 4 is 28.7 Å². The van der Waals surface area contributed by atoms with Crippen molar-refractivity contribution in [3.8, 4) is 0 Å². The Morgan fingerprint density at radius 2 is 1.93 bits per heavy atom. The number of anilines is 1. The zero-order valence-electron chi connectivity index (χ0n) is 16.5. The van der Waals surface area contributed by atoms with Crippen molar-refractivity contribution in [1.82, 2.24) is 4.98 Å². The summed E-state index contributed by atoms with van der Waals surface area (Å²) >= 11 is 1.25. The van der Waals surface area contributed by atoms with E-state index in [1.807, 2.05) is 32.9 Å². The fraction of sp³-hybridized carbons (Fsp3) is 0.227. The number of carbonyl (C=O) groups is 2. The number of furan rings is 1. The molecule has 148 valence electrons. The van der Waals surface area contributed by atoms with E-state index in [0.717, 1.165) is 16.1 Å². The number of carbonyl (C=O) groups excluding carboxylic acids is 2. The molecule has 2 aromatic heterocycles. The molecule has 1 unspecified atom stereocenters. The first-order valence-electron chi connectivity index (χ1n) is 9.16. The number of aliphatic hydroxyl groups excluding tert-OH is 1. The Kier molecular flexibility index (Phi) is 4.62. The predicted molar refractivity (Wildman–Crippen MR) is 110 cm³/mol. The molecule has 1 amide bonds. The molecule has 7 heteroatoms. The van der Waals surface area contributed by atoms with Crippen molar-refractivity contribution in [2.24, 2.45) is 0 Å². The number of aryl methyl sites for hydroxylation is 3. The topological polar surface area (TPSA) is 83.6 Å². The molecule has 0 spiro atoms. The number of Topliss-reactive ketones (excluding diaryl/α,β-unsaturated/α-hetero) is 1. The molecule has 1 atom stereocenters. The van der Waals surface area contributed by atoms with Crippen molar-refractivity contribution in [2.75, 3.05) is 4.90 Å². The van der Waals surface area contributed by atoms with Gasteiger partial charge in [-0.05, 0) is 57.0 Å². The van der Waals surface area contributed by atoms with E-state index < -0.39 is 23.5 Å². The van der Waals surface area contributed by atoms with E-state index in [0.29, 0.717) is 22.0 Å². The first-order valence-corrected chi connectivity index (χ1v) is 9.98. The van der Waals surface area contributed by atoms with Crippen molar-refractivity contribution in [3.05, 3.63) is 80.4 Å². The van der Waals surface area contributed by atoms with Crippen LogP contribution in [0.4, 0.5) is 5.69 Å². The van der Waals surface area contributed by atoms with E-state index in [2.05, 4.69) is 4.98 Å². The molecule has 3 heterocycles. The second-order valence-electron chi connectivity index (χ2n) is 7.05. The number of aliphatic hydroxyl groups is 1. The minimum absolute atomic E-state index is 0.0117. The number of hydrogen-bond donors (Lipinski definition) is 1. The normalized spacial score (nSPS) is 16.8. The predicted octanol–water partition coefficient (Wildman–Crippen LogP) is 4.75. The lowest BCUT2D eigenvalue weighted by Gasteiger charge is -2.27. The second-order valence-corrected chi connectivity index (χ2v) is 8.25. The van der Waals surface area contributed by atoms with E-state index in [1.165, 1.54) is 22.5 Å². The number of amides is 1. The monoisotopic (exact) mass is 408 g/mol. The Bertz CT molecular complexity index is 1160. The van der Waals surface area contributed by atoms with Gasteiger partial charge in [0, 0.05) is 5.69 Å². The molecular formula is C22H20N2O4S. The van der Waals surface area contributed by atoms with Crippen molar-refractivity contribution in [2.45, 2.75) is 33.7 Å². The van der Waals surface area contributed by atoms with Gasteiger partial charge in [0.15, 0.2) is 5.76 Å². The smallest absolute Gasteiger partial charge is 0.294 e. The molecule has 0 aliphatic carbocycles. The van der Waals surface area contributed by atoms with Crippen LogP contribution in [0, 0.1) is 27.7 Å². The maximum atomic E-state index is 13.4. The summed E-state index contributed by atoms with van der Waals surface area (Å²) in [6, 6.07) is 8.14. The van der Waals surface area contributed by atoms with Crippen LogP contribution in [-0.4, -0.2) is 21.8 Å². The third kappa shape index (κ3) is 2.98. The Balaban J connectivity index is 1.91. The summed E-state index contributed by atoms with van der Waals surface area (Å²) in [4.78, 5) is 32.7. The minimum Gasteiger partial charge on any atom is -0.503 e. The van der Waals surface area contributed by atoms with Crippen LogP contribution in [0.5, 0.6) is 0 Å². The first-order chi connectivity index (χ1) is 13.8. The van der Waals surface area contributed by atoms with Crippen LogP contribution in [0.15, 0.2) is 52.3 Å². The van der Waals surface area contributed by atoms with Gasteiger partial charge in [0.05, 0.1) is 27.4 Å². The van der Waals surface area contributed by atoms with E-state index in [4.69, 9.17) is 4.42 Å². The standard InChI is InChI=1S/C22H20N2O4S/c1-11-7-5-8-15(12(11)2)24-18(16-9-6-10-28-16)17(20(26)22(24)27)19(25)21-13(3)23-14(4)29-21/h5-10,18,26H,1-4H3. The van der Waals surface area contributed by atoms with E-state index in [1.54, 1.807) is 25.1 Å². The summed E-state index contributed by atoms with van der Waals surface area (Å²) in [5.41, 5.74) is 3.11. The fourth-order valence-corrected chi connectivity index (χ4v) is 4.54. The molecule has 1 aromatic carbocycles. The Labute approximate surface area is 172 Å². The summed E-state index contributed by atoms with van der Waals surface area (Å²) in [6.07, 6.45) is 1.49. The van der Waals surface area contributed by atoms with Crippen LogP contribution in [0.3, 0.4) is 0 Å². The van der Waals surface area contributed by atoms with Crippen LogP contribution in [0.25, 0.3) is 0 Å². The maximum Gasteiger partial charge on any atom is 0.294 e. The molecule has 1 N–H and O–H groups in total. The van der Waals surface area contributed by atoms with E-state index in [9.17, 15) is 14.7 Å². The number of ketones is 1. The molecular weight excluding hydrogens is 388 g/mol. The Hall–Kier alpha value is -3.19. The van der Waals surface area contributed by atoms with Gasteiger partial charge in [0.25, 0.3) is 5.91 Å². The highest BCUT2D eigenvalue weighted by molar-refractivity contribution is 7.14. The molecule has 29 heavy (non-hydrogen) atoms. The van der Waals surface area contributed by atoms with Gasteiger partial charge in [-0.1, -0.05) is 12.1 Å². The highest BCUT2D eigenvalue weighted by Gasteiger charge is 2.47. The number of nitrogens with zero attached hydrogens (tertiary/aromatic N) is 2. The molecule has 0 bridgehead atoms. The van der Waals surface area contributed by atoms with Gasteiger partial charge in [-0.2, -0.15) is 0 Å². The summed E-state index contributed by atoms with van der Waals surface area (Å²) in [5, 5.41) is 11.5. The van der Waals surface area contributed by atoms with Gasteiger partial charge in [0.1, 0.15) is 11.8 Å². The number of aromatic nitrogens is 1. The van der Waals surface area contributed by atoms with Crippen LogP contribution >= 0.6 is 11.3 Å². The van der Waals surface area contributed by atoms with Gasteiger partial charge < -0.3 is 9.52 Å². The maximum absolute atomic E-state index is 13.4. The van der Waals surface area contributed by atoms with Gasteiger partial charge in [-0.15, -0.1) is 11.3 Å². The van der Waals surface area contributed by atoms with Gasteiger partial charge in [0.2, 0.25) is 5.78 Å². The lowest BCUT2D eigenvalue weighted by Crippen LogP contribution is -2.31. The van der Waals surface area contributed by atoms with E-state index >= 15 is 0 Å². The van der Waals surface area contributed by atoms with Crippen molar-refractivity contribution < 1.29 is 19.1 Å². The number of hydrogen-bond acceptors (Lipinski definition) is 6. The van der Waals surface area contributed by atoms with Crippen LogP contribution in [-0.2, 0) is 4.79 Å². The highest BCUT2D eigenvalue weighted by Crippen LogP contribution is 2.44. The number of benzene rings is 1. The fourth-order valence-electron chi connectivity index (χ4n) is 3.66. The van der Waals surface area contributed by atoms with Gasteiger partial charge in [-0.3, -0.25) is 14.5 Å². The lowest BCUT2D eigenvalue weighted by atomic mass is 9.98. The minimum atomic E-state index is -0.854. The van der Waals surface area contributed by atoms with Gasteiger partial charge >= 0.3 is 0 Å². The molecule has 3 aromatic rings. The molecule has 1 aliphatic rings. The number of thiazole rings is 1. The third-order valence-corrected chi connectivity index (χ3v) is 6.28. The Morgan fingerprint density at radius 3 is 2.55 bits per heavy atom.